The van der Waals surface area contributed by atoms with E-state index in [9.17, 15) is 14.4 Å². The van der Waals surface area contributed by atoms with E-state index in [1.165, 1.54) is 6.92 Å². The minimum Gasteiger partial charge on any atom is -0.356 e. The molecule has 3 amide bonds. The number of benzene rings is 2. The van der Waals surface area contributed by atoms with Crippen LogP contribution in [0.1, 0.15) is 34.1 Å². The first-order chi connectivity index (χ1) is 12.9. The topological polar surface area (TPSA) is 78.5 Å². The predicted octanol–water partition coefficient (Wildman–Crippen LogP) is 3.30. The van der Waals surface area contributed by atoms with Gasteiger partial charge in [-0.1, -0.05) is 34.1 Å². The molecule has 0 fully saturated rings. The lowest BCUT2D eigenvalue weighted by molar-refractivity contribution is -0.118. The van der Waals surface area contributed by atoms with Gasteiger partial charge in [0.1, 0.15) is 0 Å². The highest BCUT2D eigenvalue weighted by Crippen LogP contribution is 2.19. The van der Waals surface area contributed by atoms with Crippen LogP contribution in [0.3, 0.4) is 0 Å². The summed E-state index contributed by atoms with van der Waals surface area (Å²) in [5, 5.41) is 5.51. The van der Waals surface area contributed by atoms with Gasteiger partial charge in [0.2, 0.25) is 5.91 Å². The summed E-state index contributed by atoms with van der Waals surface area (Å²) >= 11 is 3.34. The number of carbonyl (C=O) groups excluding carboxylic acids is 3. The van der Waals surface area contributed by atoms with Crippen molar-refractivity contribution in [3.63, 3.8) is 0 Å². The molecule has 0 radical (unpaired) electrons. The maximum absolute atomic E-state index is 12.7. The van der Waals surface area contributed by atoms with Gasteiger partial charge in [0.25, 0.3) is 11.8 Å². The second kappa shape index (κ2) is 9.87. The molecule has 0 aliphatic carbocycles. The fraction of sp³-hybridized carbons (Fsp3) is 0.250. The van der Waals surface area contributed by atoms with Crippen LogP contribution in [0.15, 0.2) is 53.0 Å². The van der Waals surface area contributed by atoms with E-state index >= 15 is 0 Å². The Hall–Kier alpha value is -2.67. The SMILES string of the molecule is CC(=O)NCCCN(C)C(=O)c1ccccc1NC(=O)c1cccc(Br)c1. The molecular formula is C20H22BrN3O3. The largest absolute Gasteiger partial charge is 0.356 e. The molecule has 0 spiro atoms. The maximum Gasteiger partial charge on any atom is 0.255 e. The quantitative estimate of drug-likeness (QED) is 0.660. The molecule has 0 atom stereocenters. The Morgan fingerprint density at radius 2 is 1.81 bits per heavy atom. The summed E-state index contributed by atoms with van der Waals surface area (Å²) in [6.07, 6.45) is 0.647. The summed E-state index contributed by atoms with van der Waals surface area (Å²) in [4.78, 5) is 37.7. The van der Waals surface area contributed by atoms with E-state index in [1.54, 1.807) is 54.4 Å². The number of nitrogens with one attached hydrogen (secondary N) is 2. The van der Waals surface area contributed by atoms with Crippen molar-refractivity contribution < 1.29 is 14.4 Å². The third kappa shape index (κ3) is 6.21. The smallest absolute Gasteiger partial charge is 0.255 e. The fourth-order valence-electron chi connectivity index (χ4n) is 2.49. The van der Waals surface area contributed by atoms with Crippen molar-refractivity contribution in [1.29, 1.82) is 0 Å². The summed E-state index contributed by atoms with van der Waals surface area (Å²) in [6.45, 7) is 2.46. The standard InChI is InChI=1S/C20H22BrN3O3/c1-14(25)22-11-6-12-24(2)20(27)17-9-3-4-10-18(17)23-19(26)15-7-5-8-16(21)13-15/h3-5,7-10,13H,6,11-12H2,1-2H3,(H,22,25)(H,23,26). The third-order valence-electron chi connectivity index (χ3n) is 3.88. The first-order valence-corrected chi connectivity index (χ1v) is 9.33. The van der Waals surface area contributed by atoms with E-state index in [0.717, 1.165) is 4.47 Å². The van der Waals surface area contributed by atoms with Gasteiger partial charge >= 0.3 is 0 Å². The van der Waals surface area contributed by atoms with Crippen LogP contribution in [-0.4, -0.2) is 42.8 Å². The Labute approximate surface area is 167 Å². The van der Waals surface area contributed by atoms with E-state index in [0.29, 0.717) is 36.3 Å². The molecule has 2 aromatic rings. The van der Waals surface area contributed by atoms with Crippen LogP contribution < -0.4 is 10.6 Å². The highest BCUT2D eigenvalue weighted by molar-refractivity contribution is 9.10. The van der Waals surface area contributed by atoms with Crippen molar-refractivity contribution in [2.45, 2.75) is 13.3 Å². The molecule has 0 saturated heterocycles. The van der Waals surface area contributed by atoms with Gasteiger partial charge in [-0.05, 0) is 36.8 Å². The molecule has 0 aliphatic heterocycles. The zero-order chi connectivity index (χ0) is 19.8. The molecule has 0 aliphatic rings. The molecular weight excluding hydrogens is 410 g/mol. The van der Waals surface area contributed by atoms with Gasteiger partial charge in [-0.2, -0.15) is 0 Å². The Morgan fingerprint density at radius 1 is 1.07 bits per heavy atom. The molecule has 0 bridgehead atoms. The predicted molar refractivity (Wildman–Crippen MR) is 109 cm³/mol. The summed E-state index contributed by atoms with van der Waals surface area (Å²) in [6, 6.07) is 13.9. The normalized spacial score (nSPS) is 10.2. The van der Waals surface area contributed by atoms with Crippen LogP contribution in [0, 0.1) is 0 Å². The number of hydrogen-bond donors (Lipinski definition) is 2. The fourth-order valence-corrected chi connectivity index (χ4v) is 2.89. The molecule has 7 heteroatoms. The van der Waals surface area contributed by atoms with Crippen LogP contribution in [0.4, 0.5) is 5.69 Å². The van der Waals surface area contributed by atoms with Gasteiger partial charge in [0, 0.05) is 37.1 Å². The number of rotatable bonds is 7. The van der Waals surface area contributed by atoms with E-state index in [2.05, 4.69) is 26.6 Å². The lowest BCUT2D eigenvalue weighted by Crippen LogP contribution is -2.31. The van der Waals surface area contributed by atoms with E-state index in [1.807, 2.05) is 6.07 Å². The van der Waals surface area contributed by atoms with E-state index < -0.39 is 0 Å². The molecule has 0 aromatic heterocycles. The van der Waals surface area contributed by atoms with E-state index in [4.69, 9.17) is 0 Å². The highest BCUT2D eigenvalue weighted by Gasteiger charge is 2.17. The minimum atomic E-state index is -0.287. The lowest BCUT2D eigenvalue weighted by atomic mass is 10.1. The number of anilines is 1. The molecule has 2 rings (SSSR count). The lowest BCUT2D eigenvalue weighted by Gasteiger charge is -2.19. The van der Waals surface area contributed by atoms with Crippen LogP contribution >= 0.6 is 15.9 Å². The van der Waals surface area contributed by atoms with Gasteiger partial charge in [-0.25, -0.2) is 0 Å². The van der Waals surface area contributed by atoms with Crippen molar-refractivity contribution in [2.24, 2.45) is 0 Å². The molecule has 0 saturated carbocycles. The number of nitrogens with zero attached hydrogens (tertiary/aromatic N) is 1. The molecule has 6 nitrogen and oxygen atoms in total. The summed E-state index contributed by atoms with van der Waals surface area (Å²) in [5.41, 5.74) is 1.37. The minimum absolute atomic E-state index is 0.0930. The molecule has 0 unspecified atom stereocenters. The van der Waals surface area contributed by atoms with Gasteiger partial charge in [-0.15, -0.1) is 0 Å². The van der Waals surface area contributed by atoms with Crippen molar-refractivity contribution in [2.75, 3.05) is 25.5 Å². The van der Waals surface area contributed by atoms with Crippen LogP contribution in [-0.2, 0) is 4.79 Å². The first kappa shape index (κ1) is 20.6. The Bertz CT molecular complexity index is 839. The zero-order valence-electron chi connectivity index (χ0n) is 15.3. The molecule has 27 heavy (non-hydrogen) atoms. The van der Waals surface area contributed by atoms with Crippen molar-refractivity contribution in [3.8, 4) is 0 Å². The average Bonchev–Trinajstić information content (AvgIpc) is 2.64. The van der Waals surface area contributed by atoms with E-state index in [-0.39, 0.29) is 17.7 Å². The van der Waals surface area contributed by atoms with Gasteiger partial charge in [0.05, 0.1) is 11.3 Å². The first-order valence-electron chi connectivity index (χ1n) is 8.54. The summed E-state index contributed by atoms with van der Waals surface area (Å²) in [7, 11) is 1.70. The Kier molecular flexibility index (Phi) is 7.55. The van der Waals surface area contributed by atoms with Crippen molar-refractivity contribution in [1.82, 2.24) is 10.2 Å². The molecule has 2 aromatic carbocycles. The van der Waals surface area contributed by atoms with Gasteiger partial charge in [0.15, 0.2) is 0 Å². The van der Waals surface area contributed by atoms with Gasteiger partial charge in [-0.3, -0.25) is 14.4 Å². The number of amides is 3. The summed E-state index contributed by atoms with van der Waals surface area (Å²) in [5.74, 6) is -0.572. The maximum atomic E-state index is 12.7. The number of para-hydroxylation sites is 1. The van der Waals surface area contributed by atoms with Crippen LogP contribution in [0.5, 0.6) is 0 Å². The highest BCUT2D eigenvalue weighted by atomic mass is 79.9. The number of hydrogen-bond acceptors (Lipinski definition) is 3. The van der Waals surface area contributed by atoms with Crippen LogP contribution in [0.2, 0.25) is 0 Å². The second-order valence-electron chi connectivity index (χ2n) is 6.07. The molecule has 0 heterocycles. The second-order valence-corrected chi connectivity index (χ2v) is 6.99. The third-order valence-corrected chi connectivity index (χ3v) is 4.38. The van der Waals surface area contributed by atoms with Crippen molar-refractivity contribution in [3.05, 3.63) is 64.1 Å². The average molecular weight is 432 g/mol. The molecule has 2 N–H and O–H groups in total. The van der Waals surface area contributed by atoms with Gasteiger partial charge < -0.3 is 15.5 Å². The van der Waals surface area contributed by atoms with Crippen LogP contribution in [0.25, 0.3) is 0 Å². The molecule has 142 valence electrons. The Morgan fingerprint density at radius 3 is 2.52 bits per heavy atom. The monoisotopic (exact) mass is 431 g/mol. The van der Waals surface area contributed by atoms with Crippen molar-refractivity contribution >= 4 is 39.3 Å². The zero-order valence-corrected chi connectivity index (χ0v) is 16.9. The number of halogens is 1. The number of carbonyl (C=O) groups is 3. The Balaban J connectivity index is 2.06. The summed E-state index contributed by atoms with van der Waals surface area (Å²) < 4.78 is 0.804.